The lowest BCUT2D eigenvalue weighted by atomic mass is 10.0. The molecule has 1 atom stereocenters. The molecule has 3 aromatic heterocycles. The minimum absolute atomic E-state index is 0.0170. The van der Waals surface area contributed by atoms with Gasteiger partial charge in [-0.1, -0.05) is 28.9 Å². The van der Waals surface area contributed by atoms with Crippen LogP contribution in [0.2, 0.25) is 5.02 Å². The maximum Gasteiger partial charge on any atom is 0.436 e. The van der Waals surface area contributed by atoms with Gasteiger partial charge in [0.2, 0.25) is 5.69 Å². The third-order valence-electron chi connectivity index (χ3n) is 6.70. The van der Waals surface area contributed by atoms with Crippen LogP contribution in [0, 0.1) is 11.0 Å². The average Bonchev–Trinajstić information content (AvgIpc) is 3.68. The maximum atomic E-state index is 15.3. The number of carboxylic acids is 1. The smallest absolute Gasteiger partial charge is 0.436 e. The van der Waals surface area contributed by atoms with Crippen molar-refractivity contribution in [1.82, 2.24) is 24.8 Å². The third kappa shape index (κ3) is 6.76. The number of alkyl halides is 5. The molecule has 5 aromatic rings. The fraction of sp³-hybridized carbons (Fsp3) is 0.179. The summed E-state index contributed by atoms with van der Waals surface area (Å²) < 4.78 is 87.1. The topological polar surface area (TPSA) is 122 Å². The van der Waals surface area contributed by atoms with Crippen LogP contribution in [0.4, 0.5) is 26.3 Å². The molecule has 17 heteroatoms. The van der Waals surface area contributed by atoms with Gasteiger partial charge in [-0.3, -0.25) is 4.68 Å². The largest absolute Gasteiger partial charge is 0.618 e. The van der Waals surface area contributed by atoms with Gasteiger partial charge < -0.3 is 15.1 Å². The average molecular weight is 653 g/mol. The first kappa shape index (κ1) is 31.5. The van der Waals surface area contributed by atoms with Gasteiger partial charge in [-0.25, -0.2) is 13.9 Å². The number of aromatic nitrogens is 6. The van der Waals surface area contributed by atoms with Gasteiger partial charge in [0.15, 0.2) is 17.7 Å². The standard InChI is InChI=1S/C28H19ClF6N6O4/c29-19-6-8-22(40-14-23(37-38-40)28(33,34)35)24(25(19)30)17-5-7-21(41(44)13-17)20(9-10-45-27(31)32)39-12-18(11-36-39)15-1-3-16(4-2-15)26(42)43/h1-8,11-14,20,27H,9-10H2,(H,42,43). The Hall–Kier alpha value is -4.96. The second-order valence-corrected chi connectivity index (χ2v) is 9.90. The molecule has 3 heterocycles. The molecule has 2 aromatic carbocycles. The lowest BCUT2D eigenvalue weighted by Gasteiger charge is -2.18. The van der Waals surface area contributed by atoms with Crippen LogP contribution in [0.1, 0.15) is 34.2 Å². The van der Waals surface area contributed by atoms with Crippen molar-refractivity contribution in [1.29, 1.82) is 0 Å². The van der Waals surface area contributed by atoms with Crippen LogP contribution < -0.4 is 4.73 Å². The SMILES string of the molecule is O=C(O)c1ccc(-c2cnn(C(CCOC(F)F)c3ccc(-c4c(-n5cc(C(F)(F)F)nn5)ccc(Cl)c4F)c[n+]3[O-])c2)cc1. The summed E-state index contributed by atoms with van der Waals surface area (Å²) >= 11 is 5.96. The summed E-state index contributed by atoms with van der Waals surface area (Å²) in [4.78, 5) is 11.2. The fourth-order valence-corrected chi connectivity index (χ4v) is 4.72. The molecular weight excluding hydrogens is 634 g/mol. The Morgan fingerprint density at radius 1 is 1.04 bits per heavy atom. The Bertz CT molecular complexity index is 1840. The summed E-state index contributed by atoms with van der Waals surface area (Å²) in [5, 5.41) is 32.9. The quantitative estimate of drug-likeness (QED) is 0.109. The van der Waals surface area contributed by atoms with Gasteiger partial charge in [0.25, 0.3) is 0 Å². The number of carboxylic acid groups (broad SMARTS) is 1. The number of nitrogens with zero attached hydrogens (tertiary/aromatic N) is 6. The highest BCUT2D eigenvalue weighted by Gasteiger charge is 2.35. The molecule has 10 nitrogen and oxygen atoms in total. The molecule has 0 radical (unpaired) electrons. The van der Waals surface area contributed by atoms with E-state index in [1.54, 1.807) is 12.1 Å². The number of carbonyl (C=O) groups is 1. The highest BCUT2D eigenvalue weighted by Crippen LogP contribution is 2.35. The minimum atomic E-state index is -4.82. The lowest BCUT2D eigenvalue weighted by molar-refractivity contribution is -0.615. The van der Waals surface area contributed by atoms with E-state index in [-0.39, 0.29) is 39.5 Å². The van der Waals surface area contributed by atoms with Crippen LogP contribution >= 0.6 is 11.6 Å². The van der Waals surface area contributed by atoms with E-state index < -0.39 is 42.9 Å². The highest BCUT2D eigenvalue weighted by molar-refractivity contribution is 6.31. The highest BCUT2D eigenvalue weighted by atomic mass is 35.5. The number of hydrogen-bond acceptors (Lipinski definition) is 6. The molecule has 0 fully saturated rings. The Labute approximate surface area is 254 Å². The van der Waals surface area contributed by atoms with Gasteiger partial charge in [0.1, 0.15) is 6.04 Å². The predicted molar refractivity (Wildman–Crippen MR) is 145 cm³/mol. The Kier molecular flexibility index (Phi) is 8.79. The second kappa shape index (κ2) is 12.6. The molecule has 0 aliphatic carbocycles. The number of benzene rings is 2. The first-order valence-corrected chi connectivity index (χ1v) is 13.2. The number of halogens is 7. The van der Waals surface area contributed by atoms with Crippen molar-refractivity contribution < 1.29 is 45.7 Å². The maximum absolute atomic E-state index is 15.3. The molecule has 1 unspecified atom stereocenters. The Morgan fingerprint density at radius 2 is 1.76 bits per heavy atom. The van der Waals surface area contributed by atoms with E-state index in [0.29, 0.717) is 26.7 Å². The number of rotatable bonds is 10. The van der Waals surface area contributed by atoms with Gasteiger partial charge in [0, 0.05) is 24.2 Å². The van der Waals surface area contributed by atoms with Crippen molar-refractivity contribution in [3.63, 3.8) is 0 Å². The van der Waals surface area contributed by atoms with E-state index in [1.165, 1.54) is 47.4 Å². The molecule has 0 spiro atoms. The Balaban J connectivity index is 1.53. The molecule has 0 aliphatic heterocycles. The molecule has 0 saturated heterocycles. The molecule has 0 aliphatic rings. The van der Waals surface area contributed by atoms with Crippen molar-refractivity contribution in [2.24, 2.45) is 0 Å². The normalized spacial score (nSPS) is 12.5. The van der Waals surface area contributed by atoms with Crippen molar-refractivity contribution in [2.45, 2.75) is 25.3 Å². The summed E-state index contributed by atoms with van der Waals surface area (Å²) in [6.45, 7) is -3.56. The summed E-state index contributed by atoms with van der Waals surface area (Å²) in [6, 6.07) is 9.80. The molecule has 1 N–H and O–H groups in total. The van der Waals surface area contributed by atoms with Crippen LogP contribution in [-0.4, -0.2) is 49.1 Å². The first-order chi connectivity index (χ1) is 21.3. The van der Waals surface area contributed by atoms with E-state index in [4.69, 9.17) is 16.7 Å². The van der Waals surface area contributed by atoms with E-state index in [2.05, 4.69) is 20.1 Å². The van der Waals surface area contributed by atoms with Crippen LogP contribution in [0.15, 0.2) is 73.3 Å². The van der Waals surface area contributed by atoms with E-state index >= 15 is 4.39 Å². The van der Waals surface area contributed by atoms with Crippen molar-refractivity contribution >= 4 is 17.6 Å². The minimum Gasteiger partial charge on any atom is -0.618 e. The van der Waals surface area contributed by atoms with E-state index in [0.717, 1.165) is 12.3 Å². The van der Waals surface area contributed by atoms with Crippen molar-refractivity contribution in [2.75, 3.05) is 6.61 Å². The molecule has 5 rings (SSSR count). The Morgan fingerprint density at radius 3 is 2.38 bits per heavy atom. The predicted octanol–water partition coefficient (Wildman–Crippen LogP) is 6.16. The molecule has 234 valence electrons. The molecule has 45 heavy (non-hydrogen) atoms. The van der Waals surface area contributed by atoms with Gasteiger partial charge in [-0.2, -0.15) is 31.8 Å². The summed E-state index contributed by atoms with van der Waals surface area (Å²) in [7, 11) is 0. The zero-order valence-corrected chi connectivity index (χ0v) is 23.3. The summed E-state index contributed by atoms with van der Waals surface area (Å²) in [6.07, 6.45) is -0.516. The number of hydrogen-bond donors (Lipinski definition) is 1. The zero-order chi connectivity index (χ0) is 32.5. The third-order valence-corrected chi connectivity index (χ3v) is 6.99. The molecule has 0 bridgehead atoms. The van der Waals surface area contributed by atoms with E-state index in [1.807, 2.05) is 0 Å². The summed E-state index contributed by atoms with van der Waals surface area (Å²) in [5.41, 5.74) is -0.803. The molecular formula is C28H19ClF6N6O4. The van der Waals surface area contributed by atoms with Crippen LogP contribution in [0.25, 0.3) is 27.9 Å². The van der Waals surface area contributed by atoms with Gasteiger partial charge in [0.05, 0.1) is 46.4 Å². The van der Waals surface area contributed by atoms with Gasteiger partial charge in [-0.15, -0.1) is 5.10 Å². The fourth-order valence-electron chi connectivity index (χ4n) is 4.56. The zero-order valence-electron chi connectivity index (χ0n) is 22.5. The van der Waals surface area contributed by atoms with Gasteiger partial charge in [-0.05, 0) is 35.9 Å². The van der Waals surface area contributed by atoms with Crippen molar-refractivity contribution in [3.8, 4) is 27.9 Å². The summed E-state index contributed by atoms with van der Waals surface area (Å²) in [5.74, 6) is -2.16. The first-order valence-electron chi connectivity index (χ1n) is 12.8. The number of pyridine rings is 1. The van der Waals surface area contributed by atoms with Crippen LogP contribution in [0.3, 0.4) is 0 Å². The monoisotopic (exact) mass is 652 g/mol. The number of ether oxygens (including phenoxy) is 1. The second-order valence-electron chi connectivity index (χ2n) is 9.50. The lowest BCUT2D eigenvalue weighted by Crippen LogP contribution is -2.36. The van der Waals surface area contributed by atoms with Crippen LogP contribution in [0.5, 0.6) is 0 Å². The van der Waals surface area contributed by atoms with Crippen molar-refractivity contribution in [3.05, 3.63) is 106 Å². The molecule has 0 amide bonds. The van der Waals surface area contributed by atoms with Crippen LogP contribution in [-0.2, 0) is 10.9 Å². The van der Waals surface area contributed by atoms with Gasteiger partial charge >= 0.3 is 18.8 Å². The number of aromatic carboxylic acids is 1. The van der Waals surface area contributed by atoms with E-state index in [9.17, 15) is 32.0 Å². The molecule has 0 saturated carbocycles.